The van der Waals surface area contributed by atoms with Crippen molar-refractivity contribution in [3.8, 4) is 0 Å². The number of halogens is 3. The maximum absolute atomic E-state index is 5.00. The van der Waals surface area contributed by atoms with E-state index in [1.165, 1.54) is 0 Å². The van der Waals surface area contributed by atoms with Gasteiger partial charge in [0.15, 0.2) is 0 Å². The summed E-state index contributed by atoms with van der Waals surface area (Å²) in [7, 11) is 5.72. The summed E-state index contributed by atoms with van der Waals surface area (Å²) in [6, 6.07) is 0. The first-order valence-corrected chi connectivity index (χ1v) is 9.08. The fourth-order valence-electron chi connectivity index (χ4n) is 1.48. The summed E-state index contributed by atoms with van der Waals surface area (Å²) in [5.74, 6) is 0. The number of hydrogen-bond acceptors (Lipinski definition) is 7. The van der Waals surface area contributed by atoms with Gasteiger partial charge in [-0.05, 0) is 0 Å². The first kappa shape index (κ1) is 83.2. The first-order valence-electron chi connectivity index (χ1n) is 6.63. The molecule has 0 aromatic carbocycles. The minimum atomic E-state index is 0. The van der Waals surface area contributed by atoms with Crippen LogP contribution in [0.2, 0.25) is 0 Å². The second kappa shape index (κ2) is 49.5. The van der Waals surface area contributed by atoms with Gasteiger partial charge in [0.05, 0.1) is 0 Å². The molecule has 6 radical (unpaired) electrons. The average Bonchev–Trinajstić information content (AvgIpc) is 2.44. The van der Waals surface area contributed by atoms with Crippen LogP contribution in [0.15, 0.2) is 0 Å². The van der Waals surface area contributed by atoms with Crippen LogP contribution < -0.4 is 37.2 Å². The van der Waals surface area contributed by atoms with E-state index in [1.54, 1.807) is 0 Å². The largest absolute Gasteiger partial charge is 2.00 e. The van der Waals surface area contributed by atoms with Gasteiger partial charge in [0.2, 0.25) is 0 Å². The summed E-state index contributed by atoms with van der Waals surface area (Å²) in [5, 5.41) is 0. The molecule has 0 saturated carbocycles. The number of thiocarbonyl (C=S) groups is 3. The standard InChI is InChI=1S/C12H24N4S6.6CH4.3ClH.3Sn/c1-13(10(17)18)4-7-16(8-5-14(2)11(19)20)9-6-15(3)12(21)22;;;;;;;;;;;;/h4-9H2,1-3H3,(H,17,18)(H,19,20)(H,21,22);6*1H4;3*1H;;;/q;;;;;;;;;;3*+2/p-6. The number of rotatable bonds is 9. The Morgan fingerprint density at radius 2 is 0.618 bits per heavy atom. The molecule has 0 saturated heterocycles. The molecule has 0 aromatic heterocycles. The van der Waals surface area contributed by atoms with E-state index in [4.69, 9.17) is 74.5 Å². The third-order valence-corrected chi connectivity index (χ3v) is 5.06. The predicted octanol–water partition coefficient (Wildman–Crippen LogP) is -5.73. The first-order chi connectivity index (χ1) is 10.1. The van der Waals surface area contributed by atoms with Crippen LogP contribution in [0.4, 0.5) is 0 Å². The van der Waals surface area contributed by atoms with E-state index >= 15 is 0 Å². The SMILES string of the molecule is C.C.C.C.C.C.CN(CCN(CCN(C)C(=S)[S-])CCN(C)C(=S)[S-])C(=S)[S-].[Cl-].[Cl-].[Cl-].[Sn+2].[Sn+2].[Sn+2]. The molecule has 0 aliphatic carbocycles. The molecule has 0 amide bonds. The Bertz CT molecular complexity index is 368. The van der Waals surface area contributed by atoms with Crippen molar-refractivity contribution >= 4 is 159 Å². The van der Waals surface area contributed by atoms with Gasteiger partial charge in [-0.25, -0.2) is 0 Å². The third kappa shape index (κ3) is 45.5. The molecule has 0 unspecified atom stereocenters. The molecule has 0 bridgehead atoms. The maximum atomic E-state index is 5.00. The molecule has 0 aromatic rings. The Labute approximate surface area is 316 Å². The third-order valence-electron chi connectivity index (χ3n) is 3.19. The van der Waals surface area contributed by atoms with Crippen molar-refractivity contribution in [2.45, 2.75) is 44.6 Å². The van der Waals surface area contributed by atoms with Crippen LogP contribution in [-0.2, 0) is 37.9 Å². The maximum Gasteiger partial charge on any atom is 2.00 e. The zero-order chi connectivity index (χ0) is 17.3. The van der Waals surface area contributed by atoms with E-state index in [9.17, 15) is 0 Å². The molecule has 0 aliphatic rings. The molecule has 0 heterocycles. The van der Waals surface area contributed by atoms with Crippen molar-refractivity contribution in [3.05, 3.63) is 0 Å². The normalized spacial score (nSPS) is 6.71. The van der Waals surface area contributed by atoms with Gasteiger partial charge in [-0.2, -0.15) is 0 Å². The zero-order valence-corrected chi connectivity index (χ0v) is 31.3. The van der Waals surface area contributed by atoms with Gasteiger partial charge >= 0.3 is 71.7 Å². The Morgan fingerprint density at radius 3 is 0.735 bits per heavy atom. The van der Waals surface area contributed by atoms with Crippen LogP contribution in [0.5, 0.6) is 0 Å². The summed E-state index contributed by atoms with van der Waals surface area (Å²) in [6.45, 7) is 4.90. The summed E-state index contributed by atoms with van der Waals surface area (Å²) in [6.07, 6.45) is 0. The molecule has 0 rings (SSSR count). The zero-order valence-electron chi connectivity index (χ0n) is 15.6. The van der Waals surface area contributed by atoms with Crippen molar-refractivity contribution < 1.29 is 37.2 Å². The number of likely N-dealkylation sites (N-methyl/N-ethyl adjacent to an activating group) is 3. The van der Waals surface area contributed by atoms with E-state index in [2.05, 4.69) is 4.90 Å². The van der Waals surface area contributed by atoms with Crippen molar-refractivity contribution in [3.63, 3.8) is 0 Å². The van der Waals surface area contributed by atoms with Crippen LogP contribution in [0.3, 0.4) is 0 Å². The second-order valence-electron chi connectivity index (χ2n) is 4.90. The molecule has 16 heteroatoms. The molecule has 0 spiro atoms. The fraction of sp³-hybridized carbons (Fsp3) is 0.833. The Hall–Kier alpha value is 3.56. The Morgan fingerprint density at radius 1 is 0.471 bits per heavy atom. The monoisotopic (exact) mass is 974 g/mol. The van der Waals surface area contributed by atoms with E-state index in [1.807, 2.05) is 35.8 Å². The smallest absolute Gasteiger partial charge is 1.00 e. The van der Waals surface area contributed by atoms with E-state index in [0.717, 1.165) is 39.3 Å². The predicted molar refractivity (Wildman–Crippen MR) is 172 cm³/mol. The number of hydrogen-bond donors (Lipinski definition) is 0. The molecule has 0 atom stereocenters. The molecule has 0 N–H and O–H groups in total. The quantitative estimate of drug-likeness (QED) is 0.126. The van der Waals surface area contributed by atoms with Gasteiger partial charge in [0, 0.05) is 60.4 Å². The summed E-state index contributed by atoms with van der Waals surface area (Å²) < 4.78 is 1.44. The molecular formula is C18H45Cl3N4S6Sn3. The number of nitrogens with zero attached hydrogens (tertiary/aromatic N) is 4. The molecule has 34 heavy (non-hydrogen) atoms. The van der Waals surface area contributed by atoms with Gasteiger partial charge in [-0.15, -0.1) is 0 Å². The van der Waals surface area contributed by atoms with Gasteiger partial charge in [-0.1, -0.05) is 57.5 Å². The van der Waals surface area contributed by atoms with Gasteiger partial charge in [-0.3, -0.25) is 4.90 Å². The van der Waals surface area contributed by atoms with Crippen LogP contribution in [0.1, 0.15) is 44.6 Å². The van der Waals surface area contributed by atoms with Crippen LogP contribution in [0, 0.1) is 0 Å². The van der Waals surface area contributed by atoms with Crippen LogP contribution in [0.25, 0.3) is 0 Å². The van der Waals surface area contributed by atoms with Gasteiger partial charge in [0.1, 0.15) is 0 Å². The summed E-state index contributed by atoms with van der Waals surface area (Å²) in [5.41, 5.74) is 0. The fourth-order valence-corrected chi connectivity index (χ4v) is 2.03. The molecule has 0 fully saturated rings. The van der Waals surface area contributed by atoms with Crippen LogP contribution in [-0.4, -0.2) is 165 Å². The van der Waals surface area contributed by atoms with Crippen molar-refractivity contribution in [1.29, 1.82) is 0 Å². The average molecular weight is 972 g/mol. The molecule has 0 aliphatic heterocycles. The van der Waals surface area contributed by atoms with Crippen molar-refractivity contribution in [1.82, 2.24) is 19.6 Å². The summed E-state index contributed by atoms with van der Waals surface area (Å²) >= 11 is 30.0. The minimum Gasteiger partial charge on any atom is -1.00 e. The minimum absolute atomic E-state index is 0. The van der Waals surface area contributed by atoms with E-state index in [-0.39, 0.29) is 154 Å². The summed E-state index contributed by atoms with van der Waals surface area (Å²) in [4.78, 5) is 7.97. The van der Waals surface area contributed by atoms with Gasteiger partial charge in [0.25, 0.3) is 0 Å². The van der Waals surface area contributed by atoms with Crippen molar-refractivity contribution in [2.75, 3.05) is 60.4 Å². The molecular weight excluding hydrogens is 927 g/mol. The Kier molecular flexibility index (Phi) is 121. The Balaban J connectivity index is -0.0000000334. The molecule has 4 nitrogen and oxygen atoms in total. The topological polar surface area (TPSA) is 13.0 Å². The second-order valence-corrected chi connectivity index (χ2v) is 8.00. The van der Waals surface area contributed by atoms with E-state index in [0.29, 0.717) is 13.0 Å². The van der Waals surface area contributed by atoms with E-state index < -0.39 is 0 Å². The van der Waals surface area contributed by atoms with Crippen LogP contribution >= 0.6 is 36.7 Å². The van der Waals surface area contributed by atoms with Gasteiger partial charge < -0.3 is 126 Å². The molecule has 206 valence electrons. The van der Waals surface area contributed by atoms with Crippen molar-refractivity contribution in [2.24, 2.45) is 0 Å².